The molecule has 0 unspecified atom stereocenters. The van der Waals surface area contributed by atoms with E-state index in [0.29, 0.717) is 37.8 Å². The molecule has 7 heteroatoms. The molecule has 130 valence electrons. The number of nitrogens with zero attached hydrogens (tertiary/aromatic N) is 1. The van der Waals surface area contributed by atoms with Crippen molar-refractivity contribution in [2.24, 2.45) is 5.41 Å². The summed E-state index contributed by atoms with van der Waals surface area (Å²) in [6.45, 7) is 4.86. The predicted molar refractivity (Wildman–Crippen MR) is 87.4 cm³/mol. The summed E-state index contributed by atoms with van der Waals surface area (Å²) in [5, 5.41) is 9.26. The summed E-state index contributed by atoms with van der Waals surface area (Å²) in [5.74, 6) is -0.716. The fourth-order valence-electron chi connectivity index (χ4n) is 3.88. The number of carbonyl (C=O) groups is 2. The lowest BCUT2D eigenvalue weighted by atomic mass is 9.82. The van der Waals surface area contributed by atoms with Gasteiger partial charge in [0.15, 0.2) is 0 Å². The quantitative estimate of drug-likeness (QED) is 0.880. The molecule has 0 atom stereocenters. The van der Waals surface area contributed by atoms with Gasteiger partial charge in [-0.25, -0.2) is 4.79 Å². The molecule has 1 amide bonds. The molecule has 2 saturated heterocycles. The number of hydrogen-bond acceptors (Lipinski definition) is 5. The van der Waals surface area contributed by atoms with Gasteiger partial charge in [0, 0.05) is 18.0 Å². The van der Waals surface area contributed by atoms with E-state index in [4.69, 9.17) is 9.47 Å². The Balaban J connectivity index is 1.53. The van der Waals surface area contributed by atoms with Crippen LogP contribution in [-0.2, 0) is 26.3 Å². The minimum absolute atomic E-state index is 0.164. The molecule has 1 aromatic rings. The summed E-state index contributed by atoms with van der Waals surface area (Å²) in [7, 11) is 0. The Kier molecular flexibility index (Phi) is 3.71. The summed E-state index contributed by atoms with van der Waals surface area (Å²) in [6.07, 6.45) is 2.21. The van der Waals surface area contributed by atoms with Crippen LogP contribution in [0.1, 0.15) is 39.9 Å². The van der Waals surface area contributed by atoms with Gasteiger partial charge in [-0.1, -0.05) is 0 Å². The second-order valence-electron chi connectivity index (χ2n) is 7.21. The third-order valence-electron chi connectivity index (χ3n) is 5.40. The van der Waals surface area contributed by atoms with Crippen LogP contribution in [-0.4, -0.2) is 54.8 Å². The number of carboxylic acid groups (broad SMARTS) is 1. The van der Waals surface area contributed by atoms with Gasteiger partial charge >= 0.3 is 5.97 Å². The Labute approximate surface area is 144 Å². The fourth-order valence-corrected chi connectivity index (χ4v) is 5.13. The van der Waals surface area contributed by atoms with Crippen molar-refractivity contribution >= 4 is 23.2 Å². The van der Waals surface area contributed by atoms with Crippen LogP contribution >= 0.6 is 11.3 Å². The Morgan fingerprint density at radius 2 is 2.00 bits per heavy atom. The molecule has 4 rings (SSSR count). The zero-order valence-corrected chi connectivity index (χ0v) is 14.5. The number of thiophene rings is 1. The lowest BCUT2D eigenvalue weighted by Gasteiger charge is -2.47. The van der Waals surface area contributed by atoms with E-state index in [9.17, 15) is 14.7 Å². The molecule has 0 aromatic carbocycles. The number of hydrogen-bond donors (Lipinski definition) is 1. The van der Waals surface area contributed by atoms with Gasteiger partial charge in [0.2, 0.25) is 5.91 Å². The van der Waals surface area contributed by atoms with E-state index in [1.54, 1.807) is 6.07 Å². The number of amides is 1. The third-order valence-corrected chi connectivity index (χ3v) is 6.75. The number of ether oxygens (including phenoxy) is 2. The molecule has 1 N–H and O–H groups in total. The first-order chi connectivity index (χ1) is 11.4. The van der Waals surface area contributed by atoms with Gasteiger partial charge < -0.3 is 19.5 Å². The van der Waals surface area contributed by atoms with Crippen LogP contribution in [0.5, 0.6) is 0 Å². The summed E-state index contributed by atoms with van der Waals surface area (Å²) in [5.41, 5.74) is 0.310. The third kappa shape index (κ3) is 2.37. The van der Waals surface area contributed by atoms with Crippen LogP contribution in [0.25, 0.3) is 0 Å². The van der Waals surface area contributed by atoms with E-state index in [2.05, 4.69) is 0 Å². The van der Waals surface area contributed by atoms with E-state index >= 15 is 0 Å². The zero-order chi connectivity index (χ0) is 16.9. The highest BCUT2D eigenvalue weighted by molar-refractivity contribution is 7.14. The van der Waals surface area contributed by atoms with Crippen molar-refractivity contribution in [3.05, 3.63) is 21.4 Å². The molecule has 2 fully saturated rings. The molecule has 24 heavy (non-hydrogen) atoms. The number of fused-ring (bicyclic) bond motifs is 2. The Morgan fingerprint density at radius 3 is 2.58 bits per heavy atom. The van der Waals surface area contributed by atoms with Gasteiger partial charge in [-0.2, -0.15) is 0 Å². The fraction of sp³-hybridized carbons (Fsp3) is 0.647. The molecule has 0 saturated carbocycles. The molecule has 3 aliphatic heterocycles. The highest BCUT2D eigenvalue weighted by Crippen LogP contribution is 2.46. The number of carbonyl (C=O) groups excluding carboxylic acids is 1. The van der Waals surface area contributed by atoms with Crippen LogP contribution in [0, 0.1) is 5.41 Å². The van der Waals surface area contributed by atoms with Crippen molar-refractivity contribution in [1.29, 1.82) is 0 Å². The highest BCUT2D eigenvalue weighted by Gasteiger charge is 2.48. The second-order valence-corrected chi connectivity index (χ2v) is 8.26. The van der Waals surface area contributed by atoms with Crippen molar-refractivity contribution in [3.8, 4) is 0 Å². The highest BCUT2D eigenvalue weighted by atomic mass is 32.1. The summed E-state index contributed by atoms with van der Waals surface area (Å²) in [4.78, 5) is 27.3. The average Bonchev–Trinajstić information content (AvgIpc) is 2.99. The van der Waals surface area contributed by atoms with Gasteiger partial charge in [0.25, 0.3) is 0 Å². The largest absolute Gasteiger partial charge is 0.477 e. The Hall–Kier alpha value is -1.44. The zero-order valence-electron chi connectivity index (χ0n) is 13.7. The molecule has 4 heterocycles. The van der Waals surface area contributed by atoms with Crippen molar-refractivity contribution in [1.82, 2.24) is 4.90 Å². The maximum absolute atomic E-state index is 12.6. The first-order valence-corrected chi connectivity index (χ1v) is 9.13. The minimum atomic E-state index is -0.880. The average molecular weight is 351 g/mol. The number of piperidine rings is 1. The van der Waals surface area contributed by atoms with Crippen molar-refractivity contribution < 1.29 is 24.2 Å². The second kappa shape index (κ2) is 5.54. The molecule has 1 spiro atoms. The Bertz CT molecular complexity index is 685. The monoisotopic (exact) mass is 351 g/mol. The summed E-state index contributed by atoms with van der Waals surface area (Å²) < 4.78 is 11.3. The molecular weight excluding hydrogens is 330 g/mol. The minimum Gasteiger partial charge on any atom is -0.477 e. The normalized spacial score (nSPS) is 24.3. The van der Waals surface area contributed by atoms with Gasteiger partial charge in [0.1, 0.15) is 10.5 Å². The van der Waals surface area contributed by atoms with Crippen LogP contribution in [0.15, 0.2) is 6.07 Å². The van der Waals surface area contributed by atoms with Crippen molar-refractivity contribution in [3.63, 3.8) is 0 Å². The molecule has 0 aliphatic carbocycles. The van der Waals surface area contributed by atoms with Crippen LogP contribution in [0.3, 0.4) is 0 Å². The van der Waals surface area contributed by atoms with E-state index < -0.39 is 11.6 Å². The smallest absolute Gasteiger partial charge is 0.345 e. The molecule has 3 aliphatic rings. The van der Waals surface area contributed by atoms with E-state index in [0.717, 1.165) is 29.7 Å². The number of carboxylic acids is 1. The lowest BCUT2D eigenvalue weighted by Crippen LogP contribution is -2.56. The Morgan fingerprint density at radius 1 is 1.29 bits per heavy atom. The first kappa shape index (κ1) is 16.1. The lowest BCUT2D eigenvalue weighted by molar-refractivity contribution is -0.174. The van der Waals surface area contributed by atoms with Crippen LogP contribution in [0.4, 0.5) is 0 Å². The van der Waals surface area contributed by atoms with Gasteiger partial charge in [-0.3, -0.25) is 4.79 Å². The van der Waals surface area contributed by atoms with Crippen LogP contribution < -0.4 is 0 Å². The number of likely N-dealkylation sites (tertiary alicyclic amines) is 1. The van der Waals surface area contributed by atoms with E-state index in [1.807, 2.05) is 11.8 Å². The molecule has 0 bridgehead atoms. The topological polar surface area (TPSA) is 76.1 Å². The van der Waals surface area contributed by atoms with Gasteiger partial charge in [-0.05, 0) is 37.8 Å². The molecule has 6 nitrogen and oxygen atoms in total. The standard InChI is InChI=1S/C17H21NO5S/c1-16(9-22-10-16)15(21)18-5-3-17(4-6-18)13-11(2-7-23-17)8-12(24-13)14(19)20/h8H,2-7,9-10H2,1H3,(H,19,20). The maximum Gasteiger partial charge on any atom is 0.345 e. The van der Waals surface area contributed by atoms with Crippen molar-refractivity contribution in [2.75, 3.05) is 32.9 Å². The van der Waals surface area contributed by atoms with Gasteiger partial charge in [-0.15, -0.1) is 11.3 Å². The summed E-state index contributed by atoms with van der Waals surface area (Å²) >= 11 is 1.33. The SMILES string of the molecule is CC1(C(=O)N2CCC3(CC2)OCCc2cc(C(=O)O)sc23)COC1. The number of aromatic carboxylic acids is 1. The number of rotatable bonds is 2. The van der Waals surface area contributed by atoms with Gasteiger partial charge in [0.05, 0.1) is 25.2 Å². The van der Waals surface area contributed by atoms with Crippen molar-refractivity contribution in [2.45, 2.75) is 31.8 Å². The van der Waals surface area contributed by atoms with E-state index in [-0.39, 0.29) is 11.3 Å². The van der Waals surface area contributed by atoms with Crippen LogP contribution in [0.2, 0.25) is 0 Å². The maximum atomic E-state index is 12.6. The summed E-state index contributed by atoms with van der Waals surface area (Å²) in [6, 6.07) is 1.79. The van der Waals surface area contributed by atoms with E-state index in [1.165, 1.54) is 11.3 Å². The molecular formula is C17H21NO5S. The molecule has 0 radical (unpaired) electrons. The molecule has 1 aromatic heterocycles. The first-order valence-electron chi connectivity index (χ1n) is 8.31. The predicted octanol–water partition coefficient (Wildman–Crippen LogP) is 1.87.